The molecule has 1 aliphatic carbocycles. The van der Waals surface area contributed by atoms with Gasteiger partial charge in [-0.2, -0.15) is 0 Å². The lowest BCUT2D eigenvalue weighted by atomic mass is 9.91. The first-order valence-electron chi connectivity index (χ1n) is 8.14. The summed E-state index contributed by atoms with van der Waals surface area (Å²) in [6.07, 6.45) is 3.89. The van der Waals surface area contributed by atoms with Crippen molar-refractivity contribution in [3.8, 4) is 0 Å². The Hall–Kier alpha value is -1.56. The van der Waals surface area contributed by atoms with Crippen LogP contribution in [0.3, 0.4) is 0 Å². The van der Waals surface area contributed by atoms with Crippen LogP contribution in [-0.4, -0.2) is 20.5 Å². The highest BCUT2D eigenvalue weighted by Gasteiger charge is 2.29. The van der Waals surface area contributed by atoms with Gasteiger partial charge in [0.05, 0.1) is 4.90 Å². The van der Waals surface area contributed by atoms with Gasteiger partial charge in [0.25, 0.3) is 0 Å². The molecule has 0 aliphatic heterocycles. The van der Waals surface area contributed by atoms with Crippen LogP contribution in [0.4, 0.5) is 5.69 Å². The molecule has 0 spiro atoms. The number of anilines is 1. The zero-order valence-electron chi connectivity index (χ0n) is 13.3. The predicted molar refractivity (Wildman–Crippen MR) is 97.9 cm³/mol. The van der Waals surface area contributed by atoms with Crippen LogP contribution in [0.2, 0.25) is 5.02 Å². The van der Waals surface area contributed by atoms with Crippen LogP contribution in [0.25, 0.3) is 0 Å². The number of benzene rings is 2. The molecule has 2 N–H and O–H groups in total. The van der Waals surface area contributed by atoms with E-state index in [1.165, 1.54) is 0 Å². The average Bonchev–Trinajstić information content (AvgIpc) is 2.59. The minimum absolute atomic E-state index is 0.0680. The highest BCUT2D eigenvalue weighted by atomic mass is 35.5. The molecule has 1 saturated carbocycles. The van der Waals surface area contributed by atoms with Crippen LogP contribution in [0, 0.1) is 0 Å². The number of sulfonamides is 1. The fourth-order valence-corrected chi connectivity index (χ4v) is 4.53. The van der Waals surface area contributed by atoms with E-state index in [0.717, 1.165) is 31.4 Å². The largest absolute Gasteiger partial charge is 0.381 e. The summed E-state index contributed by atoms with van der Waals surface area (Å²) >= 11 is 5.92. The van der Waals surface area contributed by atoms with E-state index >= 15 is 0 Å². The molecule has 1 aliphatic rings. The second-order valence-electron chi connectivity index (χ2n) is 6.08. The number of nitrogens with one attached hydrogen (secondary N) is 2. The second-order valence-corrected chi connectivity index (χ2v) is 8.23. The van der Waals surface area contributed by atoms with Crippen LogP contribution in [0.5, 0.6) is 0 Å². The quantitative estimate of drug-likeness (QED) is 0.841. The van der Waals surface area contributed by atoms with E-state index in [4.69, 9.17) is 11.6 Å². The summed E-state index contributed by atoms with van der Waals surface area (Å²) in [5.41, 5.74) is 0.954. The summed E-state index contributed by atoms with van der Waals surface area (Å²) in [4.78, 5) is 0.306. The van der Waals surface area contributed by atoms with Gasteiger partial charge in [-0.05, 0) is 49.2 Å². The van der Waals surface area contributed by atoms with Gasteiger partial charge in [0.1, 0.15) is 0 Å². The van der Waals surface area contributed by atoms with Crippen LogP contribution in [0.15, 0.2) is 59.5 Å². The van der Waals surface area contributed by atoms with Crippen LogP contribution < -0.4 is 10.0 Å². The van der Waals surface area contributed by atoms with E-state index in [9.17, 15) is 8.42 Å². The smallest absolute Gasteiger partial charge is 0.240 e. The summed E-state index contributed by atoms with van der Waals surface area (Å²) in [5.74, 6) is 0. The molecule has 2 aromatic carbocycles. The van der Waals surface area contributed by atoms with E-state index < -0.39 is 10.0 Å². The fourth-order valence-electron chi connectivity index (χ4n) is 3.07. The van der Waals surface area contributed by atoms with Crippen molar-refractivity contribution < 1.29 is 8.42 Å². The minimum atomic E-state index is -3.50. The van der Waals surface area contributed by atoms with Crippen molar-refractivity contribution in [2.24, 2.45) is 0 Å². The summed E-state index contributed by atoms with van der Waals surface area (Å²) in [6.45, 7) is 0. The van der Waals surface area contributed by atoms with Gasteiger partial charge in [0, 0.05) is 22.8 Å². The van der Waals surface area contributed by atoms with Gasteiger partial charge in [-0.3, -0.25) is 0 Å². The summed E-state index contributed by atoms with van der Waals surface area (Å²) in [7, 11) is -3.50. The number of hydrogen-bond acceptors (Lipinski definition) is 3. The molecule has 0 aromatic heterocycles. The third-order valence-corrected chi connectivity index (χ3v) is 6.08. The Labute approximate surface area is 148 Å². The monoisotopic (exact) mass is 364 g/mol. The van der Waals surface area contributed by atoms with E-state index in [0.29, 0.717) is 9.92 Å². The SMILES string of the molecule is O=S(=O)(N[C@H]1CCCC[C@@H]1Nc1ccc(Cl)cc1)c1ccccc1. The molecular weight excluding hydrogens is 344 g/mol. The molecule has 3 rings (SSSR count). The van der Waals surface area contributed by atoms with Crippen molar-refractivity contribution in [1.82, 2.24) is 4.72 Å². The van der Waals surface area contributed by atoms with Crippen molar-refractivity contribution >= 4 is 27.3 Å². The molecule has 0 saturated heterocycles. The Morgan fingerprint density at radius 1 is 0.875 bits per heavy atom. The predicted octanol–water partition coefficient (Wildman–Crippen LogP) is 4.04. The Bertz CT molecular complexity index is 763. The summed E-state index contributed by atoms with van der Waals surface area (Å²) in [6, 6.07) is 15.9. The molecule has 6 heteroatoms. The van der Waals surface area contributed by atoms with Crippen molar-refractivity contribution in [2.75, 3.05) is 5.32 Å². The Kier molecular flexibility index (Phi) is 5.43. The van der Waals surface area contributed by atoms with E-state index in [1.54, 1.807) is 24.3 Å². The Balaban J connectivity index is 1.74. The van der Waals surface area contributed by atoms with Gasteiger partial charge in [-0.15, -0.1) is 0 Å². The third-order valence-electron chi connectivity index (χ3n) is 4.32. The first-order valence-corrected chi connectivity index (χ1v) is 10.0. The highest BCUT2D eigenvalue weighted by molar-refractivity contribution is 7.89. The molecule has 2 atom stereocenters. The third kappa shape index (κ3) is 4.29. The van der Waals surface area contributed by atoms with Gasteiger partial charge in [0.15, 0.2) is 0 Å². The number of rotatable bonds is 5. The Morgan fingerprint density at radius 2 is 1.50 bits per heavy atom. The van der Waals surface area contributed by atoms with Gasteiger partial charge < -0.3 is 5.32 Å². The maximum Gasteiger partial charge on any atom is 0.240 e. The molecule has 0 amide bonds. The number of halogens is 1. The standard InChI is InChI=1S/C18H21ClN2O2S/c19-14-10-12-15(13-11-14)20-17-8-4-5-9-18(17)21-24(22,23)16-6-2-1-3-7-16/h1-3,6-7,10-13,17-18,20-21H,4-5,8-9H2/t17-,18-/m0/s1. The minimum Gasteiger partial charge on any atom is -0.381 e. The first kappa shape index (κ1) is 17.3. The van der Waals surface area contributed by atoms with Gasteiger partial charge in [-0.25, -0.2) is 13.1 Å². The maximum atomic E-state index is 12.6. The van der Waals surface area contributed by atoms with Crippen molar-refractivity contribution in [1.29, 1.82) is 0 Å². The van der Waals surface area contributed by atoms with E-state index in [1.807, 2.05) is 30.3 Å². The molecule has 0 bridgehead atoms. The molecule has 4 nitrogen and oxygen atoms in total. The van der Waals surface area contributed by atoms with Crippen molar-refractivity contribution in [2.45, 2.75) is 42.7 Å². The highest BCUT2D eigenvalue weighted by Crippen LogP contribution is 2.24. The zero-order chi connectivity index (χ0) is 17.0. The van der Waals surface area contributed by atoms with E-state index in [2.05, 4.69) is 10.0 Å². The topological polar surface area (TPSA) is 58.2 Å². The van der Waals surface area contributed by atoms with Gasteiger partial charge >= 0.3 is 0 Å². The molecule has 0 radical (unpaired) electrons. The second kappa shape index (κ2) is 7.55. The lowest BCUT2D eigenvalue weighted by Crippen LogP contribution is -2.48. The average molecular weight is 365 g/mol. The first-order chi connectivity index (χ1) is 11.5. The lowest BCUT2D eigenvalue weighted by molar-refractivity contribution is 0.378. The van der Waals surface area contributed by atoms with Crippen molar-refractivity contribution in [3.05, 3.63) is 59.6 Å². The fraction of sp³-hybridized carbons (Fsp3) is 0.333. The number of hydrogen-bond donors (Lipinski definition) is 2. The molecule has 0 unspecified atom stereocenters. The lowest BCUT2D eigenvalue weighted by Gasteiger charge is -2.33. The normalized spacial score (nSPS) is 21.4. The maximum absolute atomic E-state index is 12.6. The van der Waals surface area contributed by atoms with Crippen LogP contribution in [-0.2, 0) is 10.0 Å². The molecular formula is C18H21ClN2O2S. The van der Waals surface area contributed by atoms with Gasteiger partial charge in [-0.1, -0.05) is 42.6 Å². The van der Waals surface area contributed by atoms with Crippen molar-refractivity contribution in [3.63, 3.8) is 0 Å². The molecule has 24 heavy (non-hydrogen) atoms. The molecule has 1 fully saturated rings. The zero-order valence-corrected chi connectivity index (χ0v) is 14.9. The summed E-state index contributed by atoms with van der Waals surface area (Å²) < 4.78 is 28.1. The van der Waals surface area contributed by atoms with E-state index in [-0.39, 0.29) is 12.1 Å². The van der Waals surface area contributed by atoms with Crippen LogP contribution >= 0.6 is 11.6 Å². The van der Waals surface area contributed by atoms with Crippen LogP contribution in [0.1, 0.15) is 25.7 Å². The molecule has 128 valence electrons. The Morgan fingerprint density at radius 3 is 2.17 bits per heavy atom. The molecule has 0 heterocycles. The summed E-state index contributed by atoms with van der Waals surface area (Å²) in [5, 5.41) is 4.13. The van der Waals surface area contributed by atoms with Gasteiger partial charge in [0.2, 0.25) is 10.0 Å². The molecule has 2 aromatic rings.